The van der Waals surface area contributed by atoms with Crippen molar-refractivity contribution in [2.24, 2.45) is 11.3 Å². The van der Waals surface area contributed by atoms with E-state index in [2.05, 4.69) is 30.8 Å². The summed E-state index contributed by atoms with van der Waals surface area (Å²) in [4.78, 5) is 11.3. The highest BCUT2D eigenvalue weighted by Crippen LogP contribution is 2.31. The summed E-state index contributed by atoms with van der Waals surface area (Å²) in [5.74, 6) is 0.479. The zero-order valence-electron chi connectivity index (χ0n) is 10.7. The molecule has 1 saturated heterocycles. The van der Waals surface area contributed by atoms with E-state index in [0.717, 1.165) is 26.1 Å². The number of rotatable bonds is 2. The highest BCUT2D eigenvalue weighted by Gasteiger charge is 2.34. The molecule has 0 aromatic rings. The Bertz CT molecular complexity index is 229. The van der Waals surface area contributed by atoms with Crippen LogP contribution in [0.15, 0.2) is 0 Å². The van der Waals surface area contributed by atoms with E-state index in [9.17, 15) is 4.79 Å². The summed E-state index contributed by atoms with van der Waals surface area (Å²) < 4.78 is 10.0. The molecule has 1 fully saturated rings. The van der Waals surface area contributed by atoms with Gasteiger partial charge in [-0.05, 0) is 24.2 Å². The van der Waals surface area contributed by atoms with Crippen LogP contribution in [-0.4, -0.2) is 32.5 Å². The Kier molecular flexibility index (Phi) is 4.59. The summed E-state index contributed by atoms with van der Waals surface area (Å²) >= 11 is 0. The maximum atomic E-state index is 11.3. The predicted octanol–water partition coefficient (Wildman–Crippen LogP) is 2.18. The molecule has 1 aliphatic rings. The highest BCUT2D eigenvalue weighted by molar-refractivity contribution is 5.67. The van der Waals surface area contributed by atoms with E-state index in [1.54, 1.807) is 0 Å². The second-order valence-electron chi connectivity index (χ2n) is 5.43. The number of alkyl carbamates (subject to hydrolysis) is 1. The molecule has 1 atom stereocenters. The van der Waals surface area contributed by atoms with Crippen LogP contribution in [0.4, 0.5) is 4.79 Å². The summed E-state index contributed by atoms with van der Waals surface area (Å²) in [7, 11) is 1.40. The van der Waals surface area contributed by atoms with Gasteiger partial charge in [-0.25, -0.2) is 4.79 Å². The highest BCUT2D eigenvalue weighted by atomic mass is 16.5. The second-order valence-corrected chi connectivity index (χ2v) is 5.43. The van der Waals surface area contributed by atoms with Crippen LogP contribution in [0.1, 0.15) is 33.6 Å². The molecule has 4 heteroatoms. The van der Waals surface area contributed by atoms with Gasteiger partial charge in [-0.2, -0.15) is 0 Å². The van der Waals surface area contributed by atoms with Crippen LogP contribution in [-0.2, 0) is 9.47 Å². The van der Waals surface area contributed by atoms with E-state index < -0.39 is 0 Å². The van der Waals surface area contributed by atoms with Crippen molar-refractivity contribution in [1.82, 2.24) is 5.32 Å². The molecular weight excluding hydrogens is 206 g/mol. The van der Waals surface area contributed by atoms with E-state index >= 15 is 0 Å². The summed E-state index contributed by atoms with van der Waals surface area (Å²) in [5, 5.41) is 2.96. The van der Waals surface area contributed by atoms with Gasteiger partial charge in [0.2, 0.25) is 0 Å². The number of ether oxygens (including phenoxy) is 2. The molecule has 0 aromatic carbocycles. The number of nitrogens with one attached hydrogen (secondary N) is 1. The Labute approximate surface area is 97.7 Å². The van der Waals surface area contributed by atoms with Crippen LogP contribution in [0.25, 0.3) is 0 Å². The fourth-order valence-corrected chi connectivity index (χ4v) is 2.28. The zero-order chi connectivity index (χ0) is 12.2. The minimum atomic E-state index is -0.341. The lowest BCUT2D eigenvalue weighted by Crippen LogP contribution is -2.49. The van der Waals surface area contributed by atoms with Gasteiger partial charge in [0.1, 0.15) is 0 Å². The Balaban J connectivity index is 2.66. The van der Waals surface area contributed by atoms with Crippen molar-refractivity contribution in [2.45, 2.75) is 39.7 Å². The van der Waals surface area contributed by atoms with Crippen LogP contribution < -0.4 is 5.32 Å². The van der Waals surface area contributed by atoms with Gasteiger partial charge in [-0.15, -0.1) is 0 Å². The average molecular weight is 229 g/mol. The molecular formula is C12H23NO3. The Morgan fingerprint density at radius 2 is 1.94 bits per heavy atom. The lowest BCUT2D eigenvalue weighted by Gasteiger charge is -2.39. The predicted molar refractivity (Wildman–Crippen MR) is 62.3 cm³/mol. The smallest absolute Gasteiger partial charge is 0.407 e. The van der Waals surface area contributed by atoms with Gasteiger partial charge in [0.25, 0.3) is 0 Å². The third-order valence-corrected chi connectivity index (χ3v) is 3.13. The molecule has 1 aliphatic heterocycles. The maximum absolute atomic E-state index is 11.3. The molecule has 94 valence electrons. The van der Waals surface area contributed by atoms with Crippen molar-refractivity contribution >= 4 is 6.09 Å². The molecule has 0 aliphatic carbocycles. The number of methoxy groups -OCH3 is 1. The lowest BCUT2D eigenvalue weighted by atomic mass is 9.76. The minimum Gasteiger partial charge on any atom is -0.453 e. The van der Waals surface area contributed by atoms with Crippen molar-refractivity contribution in [3.63, 3.8) is 0 Å². The van der Waals surface area contributed by atoms with Gasteiger partial charge in [0.05, 0.1) is 7.11 Å². The van der Waals surface area contributed by atoms with Crippen molar-refractivity contribution in [2.75, 3.05) is 20.3 Å². The van der Waals surface area contributed by atoms with Crippen LogP contribution in [0, 0.1) is 11.3 Å². The fourth-order valence-electron chi connectivity index (χ4n) is 2.28. The molecule has 1 N–H and O–H groups in total. The SMILES string of the molecule is COC(=O)N[C@@H](C1CCOCC1)C(C)(C)C. The standard InChI is InChI=1S/C12H23NO3/c1-12(2,3)10(13-11(14)15-4)9-5-7-16-8-6-9/h9-10H,5-8H2,1-4H3,(H,13,14)/t10-/m0/s1. The van der Waals surface area contributed by atoms with Crippen LogP contribution in [0.3, 0.4) is 0 Å². The molecule has 0 spiro atoms. The Hall–Kier alpha value is -0.770. The molecule has 0 saturated carbocycles. The molecule has 4 nitrogen and oxygen atoms in total. The van der Waals surface area contributed by atoms with E-state index in [1.807, 2.05) is 0 Å². The molecule has 0 aromatic heterocycles. The van der Waals surface area contributed by atoms with Crippen LogP contribution in [0.2, 0.25) is 0 Å². The fraction of sp³-hybridized carbons (Fsp3) is 0.917. The van der Waals surface area contributed by atoms with Crippen molar-refractivity contribution < 1.29 is 14.3 Å². The van der Waals surface area contributed by atoms with Gasteiger partial charge in [0, 0.05) is 19.3 Å². The molecule has 0 bridgehead atoms. The van der Waals surface area contributed by atoms with Gasteiger partial charge >= 0.3 is 6.09 Å². The van der Waals surface area contributed by atoms with Gasteiger partial charge in [-0.1, -0.05) is 20.8 Å². The van der Waals surface area contributed by atoms with E-state index in [1.165, 1.54) is 7.11 Å². The number of carbonyl (C=O) groups excluding carboxylic acids is 1. The molecule has 1 rings (SSSR count). The van der Waals surface area contributed by atoms with Crippen molar-refractivity contribution in [3.8, 4) is 0 Å². The summed E-state index contributed by atoms with van der Waals surface area (Å²) in [6.45, 7) is 8.01. The Morgan fingerprint density at radius 3 is 2.38 bits per heavy atom. The van der Waals surface area contributed by atoms with Crippen LogP contribution in [0.5, 0.6) is 0 Å². The van der Waals surface area contributed by atoms with Crippen molar-refractivity contribution in [1.29, 1.82) is 0 Å². The first kappa shape index (κ1) is 13.3. The topological polar surface area (TPSA) is 47.6 Å². The van der Waals surface area contributed by atoms with E-state index in [4.69, 9.17) is 4.74 Å². The van der Waals surface area contributed by atoms with E-state index in [-0.39, 0.29) is 17.6 Å². The normalized spacial score (nSPS) is 20.2. The molecule has 0 unspecified atom stereocenters. The minimum absolute atomic E-state index is 0.0379. The first-order valence-corrected chi connectivity index (χ1v) is 5.87. The molecule has 1 heterocycles. The largest absolute Gasteiger partial charge is 0.453 e. The maximum Gasteiger partial charge on any atom is 0.407 e. The summed E-state index contributed by atoms with van der Waals surface area (Å²) in [6.07, 6.45) is 1.67. The van der Waals surface area contributed by atoms with Gasteiger partial charge in [-0.3, -0.25) is 0 Å². The summed E-state index contributed by atoms with van der Waals surface area (Å²) in [5.41, 5.74) is 0.0379. The molecule has 1 amide bonds. The van der Waals surface area contributed by atoms with Gasteiger partial charge in [0.15, 0.2) is 0 Å². The average Bonchev–Trinajstić information content (AvgIpc) is 2.25. The second kappa shape index (κ2) is 5.53. The van der Waals surface area contributed by atoms with Gasteiger partial charge < -0.3 is 14.8 Å². The van der Waals surface area contributed by atoms with Crippen LogP contribution >= 0.6 is 0 Å². The monoisotopic (exact) mass is 229 g/mol. The number of amides is 1. The third kappa shape index (κ3) is 3.67. The lowest BCUT2D eigenvalue weighted by molar-refractivity contribution is 0.0341. The number of carbonyl (C=O) groups is 1. The quantitative estimate of drug-likeness (QED) is 0.789. The first-order valence-electron chi connectivity index (χ1n) is 5.87. The molecule has 16 heavy (non-hydrogen) atoms. The molecule has 0 radical (unpaired) electrons. The van der Waals surface area contributed by atoms with Crippen molar-refractivity contribution in [3.05, 3.63) is 0 Å². The Morgan fingerprint density at radius 1 is 1.38 bits per heavy atom. The number of hydrogen-bond acceptors (Lipinski definition) is 3. The zero-order valence-corrected chi connectivity index (χ0v) is 10.7. The van der Waals surface area contributed by atoms with E-state index in [0.29, 0.717) is 5.92 Å². The summed E-state index contributed by atoms with van der Waals surface area (Å²) in [6, 6.07) is 0.142. The third-order valence-electron chi connectivity index (χ3n) is 3.13. The number of hydrogen-bond donors (Lipinski definition) is 1. The first-order chi connectivity index (χ1) is 7.45.